The Labute approximate surface area is 99.6 Å². The Morgan fingerprint density at radius 3 is 3.24 bits per heavy atom. The molecule has 0 radical (unpaired) electrons. The summed E-state index contributed by atoms with van der Waals surface area (Å²) in [5.74, 6) is 0.579. The van der Waals surface area contributed by atoms with Crippen molar-refractivity contribution in [2.75, 3.05) is 25.0 Å². The summed E-state index contributed by atoms with van der Waals surface area (Å²) in [4.78, 5) is 14.0. The molecule has 6 heteroatoms. The van der Waals surface area contributed by atoms with Crippen molar-refractivity contribution in [3.8, 4) is 0 Å². The van der Waals surface area contributed by atoms with E-state index in [0.717, 1.165) is 26.1 Å². The maximum atomic E-state index is 10.7. The van der Waals surface area contributed by atoms with E-state index in [2.05, 4.69) is 15.6 Å². The van der Waals surface area contributed by atoms with Crippen molar-refractivity contribution < 1.29 is 4.92 Å². The van der Waals surface area contributed by atoms with Crippen LogP contribution in [-0.2, 0) is 0 Å². The van der Waals surface area contributed by atoms with Crippen LogP contribution in [0.1, 0.15) is 12.8 Å². The first kappa shape index (κ1) is 11.8. The van der Waals surface area contributed by atoms with Crippen molar-refractivity contribution >= 4 is 11.5 Å². The summed E-state index contributed by atoms with van der Waals surface area (Å²) < 4.78 is 0. The van der Waals surface area contributed by atoms with Gasteiger partial charge in [0.2, 0.25) is 0 Å². The number of pyridine rings is 1. The standard InChI is InChI=1S/C11H16N4O2/c16-15(17)11-10(2-1-5-14-11)13-7-4-9-3-6-12-8-9/h1-2,5,9,12-13H,3-4,6-8H2. The normalized spacial score (nSPS) is 19.2. The highest BCUT2D eigenvalue weighted by Gasteiger charge is 2.16. The van der Waals surface area contributed by atoms with E-state index in [1.165, 1.54) is 12.6 Å². The number of anilines is 1. The Morgan fingerprint density at radius 1 is 1.65 bits per heavy atom. The minimum absolute atomic E-state index is 0.1000. The first-order valence-corrected chi connectivity index (χ1v) is 5.81. The molecule has 1 aliphatic rings. The molecular weight excluding hydrogens is 220 g/mol. The van der Waals surface area contributed by atoms with Gasteiger partial charge in [-0.25, -0.2) is 0 Å². The Kier molecular flexibility index (Phi) is 3.87. The number of nitrogens with zero attached hydrogens (tertiary/aromatic N) is 2. The van der Waals surface area contributed by atoms with Gasteiger partial charge in [0.15, 0.2) is 0 Å². The number of rotatable bonds is 5. The van der Waals surface area contributed by atoms with Crippen LogP contribution in [0.3, 0.4) is 0 Å². The smallest absolute Gasteiger partial charge is 0.378 e. The molecule has 1 saturated heterocycles. The van der Waals surface area contributed by atoms with Gasteiger partial charge < -0.3 is 20.7 Å². The number of hydrogen-bond donors (Lipinski definition) is 2. The van der Waals surface area contributed by atoms with Crippen molar-refractivity contribution in [1.82, 2.24) is 10.3 Å². The molecule has 1 fully saturated rings. The predicted molar refractivity (Wildman–Crippen MR) is 65.0 cm³/mol. The Hall–Kier alpha value is -1.69. The molecule has 2 rings (SSSR count). The summed E-state index contributed by atoms with van der Waals surface area (Å²) >= 11 is 0. The maximum absolute atomic E-state index is 10.7. The lowest BCUT2D eigenvalue weighted by Crippen LogP contribution is -2.13. The number of nitrogens with one attached hydrogen (secondary N) is 2. The zero-order valence-corrected chi connectivity index (χ0v) is 9.56. The second kappa shape index (κ2) is 5.58. The number of nitro groups is 1. The van der Waals surface area contributed by atoms with Crippen LogP contribution >= 0.6 is 0 Å². The van der Waals surface area contributed by atoms with Crippen LogP contribution in [0, 0.1) is 16.0 Å². The molecule has 1 aromatic rings. The molecule has 17 heavy (non-hydrogen) atoms. The van der Waals surface area contributed by atoms with Gasteiger partial charge in [0, 0.05) is 6.54 Å². The van der Waals surface area contributed by atoms with Crippen molar-refractivity contribution in [3.05, 3.63) is 28.4 Å². The van der Waals surface area contributed by atoms with Crippen LogP contribution in [0.15, 0.2) is 18.3 Å². The molecule has 0 aromatic carbocycles. The molecule has 1 aromatic heterocycles. The van der Waals surface area contributed by atoms with Gasteiger partial charge in [0.05, 0.1) is 0 Å². The number of aromatic nitrogens is 1. The molecule has 1 atom stereocenters. The van der Waals surface area contributed by atoms with E-state index in [-0.39, 0.29) is 5.82 Å². The van der Waals surface area contributed by atoms with Gasteiger partial charge in [-0.3, -0.25) is 0 Å². The van der Waals surface area contributed by atoms with Gasteiger partial charge in [-0.05, 0) is 53.9 Å². The Balaban J connectivity index is 1.87. The zero-order chi connectivity index (χ0) is 12.1. The highest BCUT2D eigenvalue weighted by atomic mass is 16.6. The third kappa shape index (κ3) is 3.13. The van der Waals surface area contributed by atoms with Crippen LogP contribution in [-0.4, -0.2) is 29.5 Å². The lowest BCUT2D eigenvalue weighted by molar-refractivity contribution is -0.388. The Bertz CT molecular complexity index is 391. The van der Waals surface area contributed by atoms with Crippen molar-refractivity contribution in [2.45, 2.75) is 12.8 Å². The maximum Gasteiger partial charge on any atom is 0.386 e. The average molecular weight is 236 g/mol. The van der Waals surface area contributed by atoms with E-state index in [4.69, 9.17) is 0 Å². The molecule has 0 aliphatic carbocycles. The monoisotopic (exact) mass is 236 g/mol. The Morgan fingerprint density at radius 2 is 2.53 bits per heavy atom. The largest absolute Gasteiger partial charge is 0.386 e. The first-order chi connectivity index (χ1) is 8.27. The van der Waals surface area contributed by atoms with E-state index >= 15 is 0 Å². The molecule has 0 saturated carbocycles. The zero-order valence-electron chi connectivity index (χ0n) is 9.56. The minimum Gasteiger partial charge on any atom is -0.378 e. The average Bonchev–Trinajstić information content (AvgIpc) is 2.82. The summed E-state index contributed by atoms with van der Waals surface area (Å²) in [5.41, 5.74) is 0.503. The molecule has 0 amide bonds. The molecule has 0 bridgehead atoms. The van der Waals surface area contributed by atoms with Crippen LogP contribution in [0.4, 0.5) is 11.5 Å². The molecule has 2 N–H and O–H groups in total. The third-order valence-corrected chi connectivity index (χ3v) is 2.99. The van der Waals surface area contributed by atoms with Crippen molar-refractivity contribution in [3.63, 3.8) is 0 Å². The molecule has 0 spiro atoms. The third-order valence-electron chi connectivity index (χ3n) is 2.99. The highest BCUT2D eigenvalue weighted by Crippen LogP contribution is 2.20. The van der Waals surface area contributed by atoms with E-state index in [1.54, 1.807) is 12.1 Å². The summed E-state index contributed by atoms with van der Waals surface area (Å²) in [7, 11) is 0. The highest BCUT2D eigenvalue weighted by molar-refractivity contribution is 5.56. The molecular formula is C11H16N4O2. The number of hydrogen-bond acceptors (Lipinski definition) is 5. The molecule has 92 valence electrons. The fourth-order valence-electron chi connectivity index (χ4n) is 2.05. The van der Waals surface area contributed by atoms with Crippen LogP contribution in [0.5, 0.6) is 0 Å². The van der Waals surface area contributed by atoms with E-state index in [0.29, 0.717) is 11.6 Å². The molecule has 1 aliphatic heterocycles. The van der Waals surface area contributed by atoms with E-state index < -0.39 is 4.92 Å². The van der Waals surface area contributed by atoms with Crippen LogP contribution < -0.4 is 10.6 Å². The lowest BCUT2D eigenvalue weighted by Gasteiger charge is -2.09. The van der Waals surface area contributed by atoms with Gasteiger partial charge in [0.1, 0.15) is 11.9 Å². The van der Waals surface area contributed by atoms with Crippen LogP contribution in [0.25, 0.3) is 0 Å². The molecule has 6 nitrogen and oxygen atoms in total. The molecule has 2 heterocycles. The summed E-state index contributed by atoms with van der Waals surface area (Å²) in [6.07, 6.45) is 3.65. The summed E-state index contributed by atoms with van der Waals surface area (Å²) in [5, 5.41) is 17.1. The minimum atomic E-state index is -0.459. The summed E-state index contributed by atoms with van der Waals surface area (Å²) in [6.45, 7) is 2.88. The van der Waals surface area contributed by atoms with Gasteiger partial charge in [-0.1, -0.05) is 0 Å². The second-order valence-corrected chi connectivity index (χ2v) is 4.21. The lowest BCUT2D eigenvalue weighted by atomic mass is 10.1. The fourth-order valence-corrected chi connectivity index (χ4v) is 2.05. The van der Waals surface area contributed by atoms with Crippen molar-refractivity contribution in [2.24, 2.45) is 5.92 Å². The molecule has 1 unspecified atom stereocenters. The fraction of sp³-hybridized carbons (Fsp3) is 0.545. The first-order valence-electron chi connectivity index (χ1n) is 5.81. The summed E-state index contributed by atoms with van der Waals surface area (Å²) in [6, 6.07) is 3.39. The van der Waals surface area contributed by atoms with Gasteiger partial charge in [-0.15, -0.1) is 0 Å². The van der Waals surface area contributed by atoms with Gasteiger partial charge in [0.25, 0.3) is 0 Å². The van der Waals surface area contributed by atoms with Gasteiger partial charge in [-0.2, -0.15) is 0 Å². The van der Waals surface area contributed by atoms with E-state index in [1.807, 2.05) is 0 Å². The topological polar surface area (TPSA) is 80.1 Å². The predicted octanol–water partition coefficient (Wildman–Crippen LogP) is 1.40. The second-order valence-electron chi connectivity index (χ2n) is 4.21. The van der Waals surface area contributed by atoms with Crippen LogP contribution in [0.2, 0.25) is 0 Å². The van der Waals surface area contributed by atoms with Gasteiger partial charge >= 0.3 is 5.82 Å². The van der Waals surface area contributed by atoms with Crippen molar-refractivity contribution in [1.29, 1.82) is 0 Å². The van der Waals surface area contributed by atoms with E-state index in [9.17, 15) is 10.1 Å². The SMILES string of the molecule is O=[N+]([O-])c1ncccc1NCCC1CCNC1. The quantitative estimate of drug-likeness (QED) is 0.596.